The first-order valence-electron chi connectivity index (χ1n) is 1.91. The summed E-state index contributed by atoms with van der Waals surface area (Å²) in [6, 6.07) is 0. The van der Waals surface area contributed by atoms with E-state index < -0.39 is 15.6 Å². The van der Waals surface area contributed by atoms with Crippen molar-refractivity contribution >= 4 is 66.5 Å². The van der Waals surface area contributed by atoms with Crippen LogP contribution >= 0.6 is 19.4 Å². The van der Waals surface area contributed by atoms with Gasteiger partial charge in [0.1, 0.15) is 0 Å². The molecule has 0 saturated carbocycles. The third-order valence-electron chi connectivity index (χ3n) is 0.213. The zero-order valence-electron chi connectivity index (χ0n) is 5.29. The zero-order chi connectivity index (χ0) is 9.71. The van der Waals surface area contributed by atoms with Crippen LogP contribution in [0.5, 0.6) is 0 Å². The predicted molar refractivity (Wildman–Crippen MR) is 36.8 cm³/mol. The van der Waals surface area contributed by atoms with Crippen molar-refractivity contribution in [1.82, 2.24) is 0 Å². The third-order valence-corrected chi connectivity index (χ3v) is 1.91. The average Bonchev–Trinajstić information content (AvgIpc) is 1.60. The fourth-order valence-electron chi connectivity index (χ4n) is 0.139. The van der Waals surface area contributed by atoms with Crippen LogP contribution in [0.2, 0.25) is 0 Å². The fraction of sp³-hybridized carbons (Fsp3) is 0. The summed E-state index contributed by atoms with van der Waals surface area (Å²) < 4.78 is 27.0. The van der Waals surface area contributed by atoms with E-state index in [0.717, 1.165) is 0 Å². The minimum absolute atomic E-state index is 0.535. The topological polar surface area (TPSA) is 124 Å². The molecular weight excluding hydrogens is 248 g/mol. The second kappa shape index (κ2) is 6.61. The first kappa shape index (κ1) is 15.6. The molecule has 11 heavy (non-hydrogen) atoms. The first-order valence-corrected chi connectivity index (χ1v) is 9.27. The molecule has 0 radical (unpaired) electrons. The van der Waals surface area contributed by atoms with E-state index >= 15 is 0 Å². The molecule has 0 aromatic carbocycles. The van der Waals surface area contributed by atoms with Crippen LogP contribution in [0, 0.1) is 0 Å². The van der Waals surface area contributed by atoms with Crippen LogP contribution in [-0.2, 0) is 13.4 Å². The van der Waals surface area contributed by atoms with E-state index in [1.807, 2.05) is 0 Å². The number of phosphoric acid groups is 2. The van der Waals surface area contributed by atoms with Gasteiger partial charge in [-0.25, -0.2) is 9.13 Å². The molecule has 0 fully saturated rings. The van der Waals surface area contributed by atoms with Crippen molar-refractivity contribution in [3.63, 3.8) is 0 Å². The molecule has 7 nitrogen and oxygen atoms in total. The molecule has 0 amide bonds. The van der Waals surface area contributed by atoms with Crippen molar-refractivity contribution in [1.29, 1.82) is 0 Å². The maximum absolute atomic E-state index is 9.63. The van der Waals surface area contributed by atoms with Crippen LogP contribution < -0.4 is 0 Å². The van der Waals surface area contributed by atoms with Crippen LogP contribution in [0.3, 0.4) is 0 Å². The Bertz CT molecular complexity index is 157. The minimum atomic E-state index is -5.05. The van der Waals surface area contributed by atoms with Crippen LogP contribution in [0.1, 0.15) is 0 Å². The Labute approximate surface area is 98.0 Å². The van der Waals surface area contributed by atoms with Crippen LogP contribution in [0.4, 0.5) is 0 Å². The van der Waals surface area contributed by atoms with Crippen molar-refractivity contribution in [3.8, 4) is 0 Å². The van der Waals surface area contributed by atoms with Gasteiger partial charge >= 0.3 is 66.5 Å². The summed E-state index contributed by atoms with van der Waals surface area (Å²) >= 11 is 0.535. The number of hydrogen-bond donors (Lipinski definition) is 4. The predicted octanol–water partition coefficient (Wildman–Crippen LogP) is -0.503. The van der Waals surface area contributed by atoms with Gasteiger partial charge in [-0.2, -0.15) is 4.31 Å². The van der Waals surface area contributed by atoms with Crippen LogP contribution in [0.15, 0.2) is 0 Å². The Morgan fingerprint density at radius 1 is 1.00 bits per heavy atom. The average molecular weight is 253 g/mol. The Morgan fingerprint density at radius 3 is 1.18 bits per heavy atom. The van der Waals surface area contributed by atoms with E-state index in [1.165, 1.54) is 0 Å². The Kier molecular flexibility index (Phi) is 9.41. The van der Waals surface area contributed by atoms with Crippen LogP contribution in [0.25, 0.3) is 0 Å². The molecule has 0 aliphatic heterocycles. The van der Waals surface area contributed by atoms with E-state index in [9.17, 15) is 9.13 Å². The van der Waals surface area contributed by atoms with Gasteiger partial charge in [0.15, 0.2) is 0 Å². The molecule has 0 saturated heterocycles. The molecule has 11 heteroatoms. The Morgan fingerprint density at radius 2 is 1.18 bits per heavy atom. The van der Waals surface area contributed by atoms with E-state index in [-0.39, 0.29) is 0 Å². The third kappa shape index (κ3) is 18.9. The summed E-state index contributed by atoms with van der Waals surface area (Å²) in [7, 11) is -10.1. The van der Waals surface area contributed by atoms with Crippen LogP contribution in [-0.4, -0.2) is 66.7 Å². The first-order chi connectivity index (χ1) is 4.71. The van der Waals surface area contributed by atoms with E-state index in [4.69, 9.17) is 23.3 Å². The molecule has 64 valence electrons. The van der Waals surface area contributed by atoms with Crippen molar-refractivity contribution in [3.05, 3.63) is 0 Å². The summed E-state index contributed by atoms with van der Waals surface area (Å²) in [6.07, 6.45) is 0. The van der Waals surface area contributed by atoms with Gasteiger partial charge in [-0.15, -0.1) is 0 Å². The molecule has 0 unspecified atom stereocenters. The molecule has 0 aromatic rings. The van der Waals surface area contributed by atoms with Gasteiger partial charge < -0.3 is 19.6 Å². The molecule has 4 N–H and O–H groups in total. The van der Waals surface area contributed by atoms with Crippen molar-refractivity contribution in [2.75, 3.05) is 0 Å². The van der Waals surface area contributed by atoms with E-state index in [1.54, 1.807) is 0 Å². The van der Waals surface area contributed by atoms with Gasteiger partial charge in [0, 0.05) is 0 Å². The van der Waals surface area contributed by atoms with Gasteiger partial charge in [-0.1, -0.05) is 0 Å². The van der Waals surface area contributed by atoms with Crippen molar-refractivity contribution < 1.29 is 33.0 Å². The Balaban J connectivity index is 0. The summed E-state index contributed by atoms with van der Waals surface area (Å²) in [6.45, 7) is 0. The normalized spacial score (nSPS) is 11.9. The summed E-state index contributed by atoms with van der Waals surface area (Å²) in [5.41, 5.74) is 0. The molecule has 0 atom stereocenters. The van der Waals surface area contributed by atoms with Crippen molar-refractivity contribution in [2.45, 2.75) is 0 Å². The number of halogens is 1. The zero-order valence-corrected chi connectivity index (χ0v) is 11.0. The molecule has 0 rings (SSSR count). The molecular formula is H4ClKO7P2. The number of hydrogen-bond acceptors (Lipinski definition) is 3. The van der Waals surface area contributed by atoms with E-state index in [2.05, 4.69) is 4.31 Å². The quantitative estimate of drug-likeness (QED) is 0.385. The van der Waals surface area contributed by atoms with Gasteiger partial charge in [-0.05, 0) is 0 Å². The molecule has 0 heterocycles. The van der Waals surface area contributed by atoms with Crippen molar-refractivity contribution in [2.24, 2.45) is 0 Å². The molecule has 0 aromatic heterocycles. The van der Waals surface area contributed by atoms with Gasteiger partial charge in [0.05, 0.1) is 0 Å². The second-order valence-corrected chi connectivity index (χ2v) is 3.68. The molecule has 0 bridgehead atoms. The fourth-order valence-corrected chi connectivity index (χ4v) is 1.25. The van der Waals surface area contributed by atoms with E-state index in [0.29, 0.717) is 47.1 Å². The molecule has 0 aliphatic rings. The van der Waals surface area contributed by atoms with Gasteiger partial charge in [0.25, 0.3) is 0 Å². The SMILES string of the molecule is O=P(O)(O)OP(=O)(O)O.[Cl][K]. The summed E-state index contributed by atoms with van der Waals surface area (Å²) in [5, 5.41) is 0. The monoisotopic (exact) mass is 252 g/mol. The number of rotatable bonds is 2. The Hall–Kier alpha value is 2.19. The summed E-state index contributed by atoms with van der Waals surface area (Å²) in [5.74, 6) is 0. The van der Waals surface area contributed by atoms with Gasteiger partial charge in [-0.3, -0.25) is 0 Å². The molecule has 0 aliphatic carbocycles. The summed E-state index contributed by atoms with van der Waals surface area (Å²) in [4.78, 5) is 31.0. The second-order valence-electron chi connectivity index (χ2n) is 1.06. The maximum atomic E-state index is 9.63. The standard InChI is InChI=1S/ClH.K.H4O7P2/c;;1-8(2,3)7-9(4,5)6/h1H;;(H2,1,2,3)(H2,4,5,6)/q;+1;/p-1. The molecule has 0 spiro atoms. The van der Waals surface area contributed by atoms with Gasteiger partial charge in [0.2, 0.25) is 0 Å².